The van der Waals surface area contributed by atoms with Crippen molar-refractivity contribution in [3.05, 3.63) is 41.3 Å². The molecule has 5 rings (SSSR count). The number of nitrogens with one attached hydrogen (secondary N) is 3. The minimum Gasteiger partial charge on any atom is -0.493 e. The predicted octanol–water partition coefficient (Wildman–Crippen LogP) is 4.87. The van der Waals surface area contributed by atoms with Crippen molar-refractivity contribution >= 4 is 22.8 Å². The topological polar surface area (TPSA) is 109 Å². The van der Waals surface area contributed by atoms with Crippen LogP contribution in [0.4, 0.5) is 17.6 Å². The second-order valence-corrected chi connectivity index (χ2v) is 10.2. The SMILES string of the molecule is CCC(=O)N[C@H]1C[C@@H](F)[C@H](NC(=O)c2c(C)[nH]c3c(-c4cc(C(F)(F)F)ccc4OCC4CC4)ncnc23)C1. The first-order valence-electron chi connectivity index (χ1n) is 13.0. The number of halogens is 4. The summed E-state index contributed by atoms with van der Waals surface area (Å²) in [5.41, 5.74) is 0.446. The van der Waals surface area contributed by atoms with Gasteiger partial charge in [-0.1, -0.05) is 6.92 Å². The number of benzene rings is 1. The van der Waals surface area contributed by atoms with Gasteiger partial charge in [0.1, 0.15) is 29.5 Å². The number of rotatable bonds is 8. The van der Waals surface area contributed by atoms with E-state index in [9.17, 15) is 27.2 Å². The molecule has 0 radical (unpaired) electrons. The summed E-state index contributed by atoms with van der Waals surface area (Å²) >= 11 is 0. The summed E-state index contributed by atoms with van der Waals surface area (Å²) in [6.45, 7) is 3.71. The number of ether oxygens (including phenoxy) is 1. The van der Waals surface area contributed by atoms with Gasteiger partial charge in [0.2, 0.25) is 5.91 Å². The third kappa shape index (κ3) is 5.69. The van der Waals surface area contributed by atoms with E-state index >= 15 is 0 Å². The molecule has 0 aliphatic heterocycles. The molecule has 2 amide bonds. The fraction of sp³-hybridized carbons (Fsp3) is 0.481. The Morgan fingerprint density at radius 3 is 2.62 bits per heavy atom. The Hall–Kier alpha value is -3.70. The molecule has 0 saturated heterocycles. The molecule has 39 heavy (non-hydrogen) atoms. The molecule has 2 aliphatic rings. The van der Waals surface area contributed by atoms with Crippen LogP contribution in [0, 0.1) is 12.8 Å². The monoisotopic (exact) mass is 547 g/mol. The van der Waals surface area contributed by atoms with E-state index in [1.54, 1.807) is 13.8 Å². The van der Waals surface area contributed by atoms with Crippen molar-refractivity contribution in [3.63, 3.8) is 0 Å². The van der Waals surface area contributed by atoms with E-state index in [0.717, 1.165) is 25.0 Å². The van der Waals surface area contributed by atoms with Gasteiger partial charge in [-0.2, -0.15) is 13.2 Å². The molecule has 3 atom stereocenters. The highest BCUT2D eigenvalue weighted by molar-refractivity contribution is 6.09. The highest BCUT2D eigenvalue weighted by Gasteiger charge is 2.37. The zero-order chi connectivity index (χ0) is 27.9. The van der Waals surface area contributed by atoms with E-state index in [1.807, 2.05) is 0 Å². The summed E-state index contributed by atoms with van der Waals surface area (Å²) in [6, 6.07) is 2.04. The average molecular weight is 548 g/mol. The van der Waals surface area contributed by atoms with Crippen LogP contribution >= 0.6 is 0 Å². The van der Waals surface area contributed by atoms with Crippen molar-refractivity contribution in [2.45, 2.75) is 70.4 Å². The fourth-order valence-corrected chi connectivity index (χ4v) is 4.94. The number of hydrogen-bond donors (Lipinski definition) is 3. The number of carbonyl (C=O) groups excluding carboxylic acids is 2. The molecule has 208 valence electrons. The molecular weight excluding hydrogens is 518 g/mol. The number of aromatic nitrogens is 3. The maximum absolute atomic E-state index is 14.7. The summed E-state index contributed by atoms with van der Waals surface area (Å²) in [6.07, 6.45) is -2.12. The molecule has 1 aromatic carbocycles. The van der Waals surface area contributed by atoms with Crippen molar-refractivity contribution in [1.29, 1.82) is 0 Å². The molecule has 2 saturated carbocycles. The van der Waals surface area contributed by atoms with Crippen LogP contribution in [0.5, 0.6) is 5.75 Å². The highest BCUT2D eigenvalue weighted by atomic mass is 19.4. The van der Waals surface area contributed by atoms with Gasteiger partial charge in [0.05, 0.1) is 29.3 Å². The summed E-state index contributed by atoms with van der Waals surface area (Å²) in [4.78, 5) is 36.5. The molecule has 2 heterocycles. The summed E-state index contributed by atoms with van der Waals surface area (Å²) < 4.78 is 61.3. The molecule has 0 spiro atoms. The smallest absolute Gasteiger partial charge is 0.416 e. The number of aromatic amines is 1. The Bertz CT molecular complexity index is 1400. The Morgan fingerprint density at radius 1 is 1.15 bits per heavy atom. The zero-order valence-corrected chi connectivity index (χ0v) is 21.5. The summed E-state index contributed by atoms with van der Waals surface area (Å²) in [7, 11) is 0. The predicted molar refractivity (Wildman–Crippen MR) is 135 cm³/mol. The Morgan fingerprint density at radius 2 is 1.92 bits per heavy atom. The van der Waals surface area contributed by atoms with E-state index in [1.165, 1.54) is 12.4 Å². The second kappa shape index (κ2) is 10.5. The van der Waals surface area contributed by atoms with Crippen LogP contribution in [-0.4, -0.2) is 51.6 Å². The number of alkyl halides is 4. The lowest BCUT2D eigenvalue weighted by molar-refractivity contribution is -0.137. The van der Waals surface area contributed by atoms with E-state index < -0.39 is 29.9 Å². The number of amides is 2. The quantitative estimate of drug-likeness (QED) is 0.349. The minimum absolute atomic E-state index is 0.0923. The van der Waals surface area contributed by atoms with Crippen molar-refractivity contribution in [1.82, 2.24) is 25.6 Å². The first-order valence-corrected chi connectivity index (χ1v) is 13.0. The molecule has 2 aliphatic carbocycles. The summed E-state index contributed by atoms with van der Waals surface area (Å²) in [5.74, 6) is -0.142. The number of nitrogens with zero attached hydrogens (tertiary/aromatic N) is 2. The van der Waals surface area contributed by atoms with Crippen molar-refractivity contribution < 1.29 is 31.9 Å². The van der Waals surface area contributed by atoms with Gasteiger partial charge in [-0.15, -0.1) is 0 Å². The average Bonchev–Trinajstić information content (AvgIpc) is 3.57. The van der Waals surface area contributed by atoms with Crippen LogP contribution < -0.4 is 15.4 Å². The van der Waals surface area contributed by atoms with Gasteiger partial charge in [0.15, 0.2) is 0 Å². The Labute approximate surface area is 221 Å². The fourth-order valence-electron chi connectivity index (χ4n) is 4.94. The zero-order valence-electron chi connectivity index (χ0n) is 21.5. The van der Waals surface area contributed by atoms with Gasteiger partial charge in [-0.05, 0) is 50.3 Å². The lowest BCUT2D eigenvalue weighted by Gasteiger charge is -2.16. The molecule has 0 bridgehead atoms. The van der Waals surface area contributed by atoms with E-state index in [-0.39, 0.29) is 64.8 Å². The minimum atomic E-state index is -4.58. The number of hydrogen-bond acceptors (Lipinski definition) is 5. The van der Waals surface area contributed by atoms with E-state index in [4.69, 9.17) is 4.74 Å². The first-order chi connectivity index (χ1) is 18.5. The standard InChI is InChI=1S/C27H29F4N5O3/c1-3-21(37)35-16-9-18(28)19(10-16)36-26(38)22-13(2)34-25-23(32-12-33-24(22)25)17-8-15(27(29,30)31)6-7-20(17)39-11-14-4-5-14/h6-8,12,14,16,18-19,34H,3-5,9-11H2,1-2H3,(H,35,37)(H,36,38)/t16-,18+,19+/m0/s1. The number of carbonyl (C=O) groups is 2. The third-order valence-corrected chi connectivity index (χ3v) is 7.22. The van der Waals surface area contributed by atoms with E-state index in [0.29, 0.717) is 18.2 Å². The van der Waals surface area contributed by atoms with Gasteiger partial charge in [0, 0.05) is 30.1 Å². The Kier molecular flexibility index (Phi) is 7.21. The molecule has 3 N–H and O–H groups in total. The molecule has 12 heteroatoms. The van der Waals surface area contributed by atoms with Crippen LogP contribution in [0.3, 0.4) is 0 Å². The normalized spacial score (nSPS) is 21.2. The van der Waals surface area contributed by atoms with Crippen LogP contribution in [0.1, 0.15) is 60.6 Å². The number of aryl methyl sites for hydroxylation is 1. The maximum Gasteiger partial charge on any atom is 0.416 e. The van der Waals surface area contributed by atoms with Gasteiger partial charge in [-0.25, -0.2) is 14.4 Å². The molecule has 2 aromatic heterocycles. The van der Waals surface area contributed by atoms with Crippen LogP contribution in [-0.2, 0) is 11.0 Å². The van der Waals surface area contributed by atoms with Crippen molar-refractivity contribution in [2.24, 2.45) is 5.92 Å². The molecule has 8 nitrogen and oxygen atoms in total. The third-order valence-electron chi connectivity index (χ3n) is 7.22. The second-order valence-electron chi connectivity index (χ2n) is 10.2. The number of H-pyrrole nitrogens is 1. The van der Waals surface area contributed by atoms with Gasteiger partial charge in [0.25, 0.3) is 5.91 Å². The Balaban J connectivity index is 1.47. The molecule has 0 unspecified atom stereocenters. The van der Waals surface area contributed by atoms with Crippen molar-refractivity contribution in [2.75, 3.05) is 6.61 Å². The molecule has 3 aromatic rings. The van der Waals surface area contributed by atoms with Crippen LogP contribution in [0.25, 0.3) is 22.3 Å². The van der Waals surface area contributed by atoms with E-state index in [2.05, 4.69) is 25.6 Å². The van der Waals surface area contributed by atoms with Gasteiger partial charge < -0.3 is 20.4 Å². The number of fused-ring (bicyclic) bond motifs is 1. The first kappa shape index (κ1) is 26.9. The lowest BCUT2D eigenvalue weighted by atomic mass is 10.0. The van der Waals surface area contributed by atoms with Gasteiger partial charge in [-0.3, -0.25) is 9.59 Å². The van der Waals surface area contributed by atoms with Crippen molar-refractivity contribution in [3.8, 4) is 17.0 Å². The summed E-state index contributed by atoms with van der Waals surface area (Å²) in [5, 5.41) is 5.46. The highest BCUT2D eigenvalue weighted by Crippen LogP contribution is 2.40. The molecular formula is C27H29F4N5O3. The lowest BCUT2D eigenvalue weighted by Crippen LogP contribution is -2.39. The van der Waals surface area contributed by atoms with Crippen LogP contribution in [0.15, 0.2) is 24.5 Å². The largest absolute Gasteiger partial charge is 0.493 e. The molecule has 2 fully saturated rings. The maximum atomic E-state index is 14.7. The van der Waals surface area contributed by atoms with Crippen LogP contribution in [0.2, 0.25) is 0 Å². The van der Waals surface area contributed by atoms with Gasteiger partial charge >= 0.3 is 6.18 Å².